The number of carboxylic acid groups (broad SMARTS) is 1. The van der Waals surface area contributed by atoms with E-state index in [1.54, 1.807) is 17.0 Å². The normalized spacial score (nSPS) is 17.0. The molecule has 124 valence electrons. The largest absolute Gasteiger partial charge is 0.477 e. The quantitative estimate of drug-likeness (QED) is 0.936. The number of carbonyl (C=O) groups excluding carboxylic acids is 1. The summed E-state index contributed by atoms with van der Waals surface area (Å²) in [6.07, 6.45) is 1.65. The number of likely N-dealkylation sites (tertiary alicyclic amines) is 1. The van der Waals surface area contributed by atoms with Crippen LogP contribution in [-0.2, 0) is 6.42 Å². The van der Waals surface area contributed by atoms with Crippen LogP contribution in [0, 0.1) is 11.7 Å². The number of benzene rings is 1. The molecule has 3 rings (SSSR count). The van der Waals surface area contributed by atoms with Crippen molar-refractivity contribution in [3.63, 3.8) is 0 Å². The lowest BCUT2D eigenvalue weighted by Gasteiger charge is -2.16. The Balaban J connectivity index is 1.64. The maximum atomic E-state index is 12.9. The van der Waals surface area contributed by atoms with Gasteiger partial charge in [-0.2, -0.15) is 0 Å². The lowest BCUT2D eigenvalue weighted by molar-refractivity contribution is 0.0690. The standard InChI is InChI=1S/C18H17FN2O3/c19-14-6-4-12(5-7-14)10-13-8-9-21(11-13)17(22)15-2-1-3-16(20-15)18(23)24/h1-7,13H,8-11H2,(H,23,24). The van der Waals surface area contributed by atoms with Crippen LogP contribution in [0.15, 0.2) is 42.5 Å². The Labute approximate surface area is 138 Å². The molecule has 1 atom stereocenters. The Morgan fingerprint density at radius 3 is 2.58 bits per heavy atom. The van der Waals surface area contributed by atoms with Gasteiger partial charge in [-0.05, 0) is 48.6 Å². The van der Waals surface area contributed by atoms with Crippen LogP contribution in [0.1, 0.15) is 33.0 Å². The highest BCUT2D eigenvalue weighted by atomic mass is 19.1. The molecule has 24 heavy (non-hydrogen) atoms. The first kappa shape index (κ1) is 16.1. The van der Waals surface area contributed by atoms with Gasteiger partial charge in [0.15, 0.2) is 0 Å². The second kappa shape index (κ2) is 6.78. The molecule has 1 fully saturated rings. The first-order valence-electron chi connectivity index (χ1n) is 7.77. The van der Waals surface area contributed by atoms with Gasteiger partial charge < -0.3 is 10.0 Å². The fourth-order valence-corrected chi connectivity index (χ4v) is 2.97. The molecule has 0 spiro atoms. The molecule has 1 aromatic heterocycles. The number of amides is 1. The molecule has 6 heteroatoms. The van der Waals surface area contributed by atoms with E-state index in [2.05, 4.69) is 4.98 Å². The minimum Gasteiger partial charge on any atom is -0.477 e. The van der Waals surface area contributed by atoms with Crippen LogP contribution >= 0.6 is 0 Å². The van der Waals surface area contributed by atoms with Crippen LogP contribution in [0.25, 0.3) is 0 Å². The monoisotopic (exact) mass is 328 g/mol. The molecule has 2 heterocycles. The number of hydrogen-bond donors (Lipinski definition) is 1. The zero-order valence-electron chi connectivity index (χ0n) is 13.0. The Morgan fingerprint density at radius 1 is 1.17 bits per heavy atom. The molecule has 1 saturated heterocycles. The van der Waals surface area contributed by atoms with Gasteiger partial charge in [-0.25, -0.2) is 14.2 Å². The first-order chi connectivity index (χ1) is 11.5. The average molecular weight is 328 g/mol. The highest BCUT2D eigenvalue weighted by Gasteiger charge is 2.28. The molecule has 0 radical (unpaired) electrons. The summed E-state index contributed by atoms with van der Waals surface area (Å²) in [5.41, 5.74) is 1.06. The predicted molar refractivity (Wildman–Crippen MR) is 85.3 cm³/mol. The topological polar surface area (TPSA) is 70.5 Å². The lowest BCUT2D eigenvalue weighted by atomic mass is 9.99. The van der Waals surface area contributed by atoms with Gasteiger partial charge in [0.25, 0.3) is 5.91 Å². The van der Waals surface area contributed by atoms with Gasteiger partial charge in [-0.15, -0.1) is 0 Å². The Kier molecular flexibility index (Phi) is 4.55. The number of rotatable bonds is 4. The van der Waals surface area contributed by atoms with Gasteiger partial charge in [0.2, 0.25) is 0 Å². The molecular formula is C18H17FN2O3. The van der Waals surface area contributed by atoms with Crippen LogP contribution in [0.4, 0.5) is 4.39 Å². The molecule has 2 aromatic rings. The summed E-state index contributed by atoms with van der Waals surface area (Å²) in [5, 5.41) is 8.97. The van der Waals surface area contributed by atoms with Crippen LogP contribution in [0.5, 0.6) is 0 Å². The molecule has 1 amide bonds. The smallest absolute Gasteiger partial charge is 0.354 e. The molecule has 1 unspecified atom stereocenters. The van der Waals surface area contributed by atoms with Crippen molar-refractivity contribution in [2.75, 3.05) is 13.1 Å². The SMILES string of the molecule is O=C(O)c1cccc(C(=O)N2CCC(Cc3ccc(F)cc3)C2)n1. The molecule has 1 aliphatic heterocycles. The van der Waals surface area contributed by atoms with E-state index in [1.807, 2.05) is 0 Å². The van der Waals surface area contributed by atoms with Crippen LogP contribution in [0.3, 0.4) is 0 Å². The Bertz CT molecular complexity index is 761. The van der Waals surface area contributed by atoms with Gasteiger partial charge in [0.05, 0.1) is 0 Å². The van der Waals surface area contributed by atoms with E-state index in [4.69, 9.17) is 5.11 Å². The van der Waals surface area contributed by atoms with E-state index in [1.165, 1.54) is 30.3 Å². The highest BCUT2D eigenvalue weighted by molar-refractivity contribution is 5.94. The van der Waals surface area contributed by atoms with Crippen molar-refractivity contribution in [3.8, 4) is 0 Å². The van der Waals surface area contributed by atoms with E-state index in [-0.39, 0.29) is 23.1 Å². The van der Waals surface area contributed by atoms with E-state index < -0.39 is 5.97 Å². The van der Waals surface area contributed by atoms with E-state index >= 15 is 0 Å². The Hall–Kier alpha value is -2.76. The zero-order valence-corrected chi connectivity index (χ0v) is 13.0. The second-order valence-electron chi connectivity index (χ2n) is 5.95. The summed E-state index contributed by atoms with van der Waals surface area (Å²) >= 11 is 0. The van der Waals surface area contributed by atoms with Crippen molar-refractivity contribution >= 4 is 11.9 Å². The predicted octanol–water partition coefficient (Wildman–Crippen LogP) is 2.62. The Morgan fingerprint density at radius 2 is 1.88 bits per heavy atom. The number of nitrogens with zero attached hydrogens (tertiary/aromatic N) is 2. The molecule has 1 N–H and O–H groups in total. The fraction of sp³-hybridized carbons (Fsp3) is 0.278. The van der Waals surface area contributed by atoms with Gasteiger partial charge in [-0.3, -0.25) is 4.79 Å². The van der Waals surface area contributed by atoms with Gasteiger partial charge in [-0.1, -0.05) is 18.2 Å². The number of pyridine rings is 1. The van der Waals surface area contributed by atoms with Crippen molar-refractivity contribution in [1.82, 2.24) is 9.88 Å². The minimum atomic E-state index is -1.15. The van der Waals surface area contributed by atoms with Crippen molar-refractivity contribution in [1.29, 1.82) is 0 Å². The third-order valence-corrected chi connectivity index (χ3v) is 4.20. The molecule has 0 bridgehead atoms. The molecule has 0 saturated carbocycles. The number of carbonyl (C=O) groups is 2. The average Bonchev–Trinajstić information content (AvgIpc) is 3.05. The summed E-state index contributed by atoms with van der Waals surface area (Å²) in [4.78, 5) is 29.0. The third kappa shape index (κ3) is 3.59. The first-order valence-corrected chi connectivity index (χ1v) is 7.77. The van der Waals surface area contributed by atoms with E-state index in [9.17, 15) is 14.0 Å². The number of aromatic carboxylic acids is 1. The van der Waals surface area contributed by atoms with Crippen LogP contribution in [0.2, 0.25) is 0 Å². The van der Waals surface area contributed by atoms with Crippen LogP contribution < -0.4 is 0 Å². The van der Waals surface area contributed by atoms with Crippen molar-refractivity contribution < 1.29 is 19.1 Å². The van der Waals surface area contributed by atoms with Crippen molar-refractivity contribution in [3.05, 3.63) is 65.2 Å². The number of hydrogen-bond acceptors (Lipinski definition) is 3. The number of halogens is 1. The van der Waals surface area contributed by atoms with Crippen LogP contribution in [-0.4, -0.2) is 40.0 Å². The molecule has 0 aliphatic carbocycles. The number of carboxylic acids is 1. The van der Waals surface area contributed by atoms with E-state index in [0.29, 0.717) is 19.0 Å². The van der Waals surface area contributed by atoms with E-state index in [0.717, 1.165) is 18.4 Å². The summed E-state index contributed by atoms with van der Waals surface area (Å²) in [7, 11) is 0. The summed E-state index contributed by atoms with van der Waals surface area (Å²) in [5.74, 6) is -1.35. The maximum absolute atomic E-state index is 12.9. The molecule has 1 aliphatic rings. The van der Waals surface area contributed by atoms with Gasteiger partial charge >= 0.3 is 5.97 Å². The van der Waals surface area contributed by atoms with Crippen molar-refractivity contribution in [2.45, 2.75) is 12.8 Å². The fourth-order valence-electron chi connectivity index (χ4n) is 2.97. The minimum absolute atomic E-state index is 0.136. The molecule has 5 nitrogen and oxygen atoms in total. The molecule has 1 aromatic carbocycles. The maximum Gasteiger partial charge on any atom is 0.354 e. The zero-order chi connectivity index (χ0) is 17.1. The lowest BCUT2D eigenvalue weighted by Crippen LogP contribution is -2.30. The van der Waals surface area contributed by atoms with Crippen molar-refractivity contribution in [2.24, 2.45) is 5.92 Å². The second-order valence-corrected chi connectivity index (χ2v) is 5.95. The molecular weight excluding hydrogens is 311 g/mol. The van der Waals surface area contributed by atoms with Gasteiger partial charge in [0, 0.05) is 13.1 Å². The van der Waals surface area contributed by atoms with Gasteiger partial charge in [0.1, 0.15) is 17.2 Å². The summed E-state index contributed by atoms with van der Waals surface area (Å²) in [6, 6.07) is 10.8. The highest BCUT2D eigenvalue weighted by Crippen LogP contribution is 2.22. The number of aromatic nitrogens is 1. The third-order valence-electron chi connectivity index (χ3n) is 4.20. The summed E-state index contributed by atoms with van der Waals surface area (Å²) in [6.45, 7) is 1.21. The summed E-state index contributed by atoms with van der Waals surface area (Å²) < 4.78 is 12.9.